The summed E-state index contributed by atoms with van der Waals surface area (Å²) in [5.74, 6) is -1.31. The molecule has 28 heavy (non-hydrogen) atoms. The number of Topliss-reactive ketones (excluding diaryl/α,β-unsaturated/α-hetero) is 1. The van der Waals surface area contributed by atoms with Crippen molar-refractivity contribution in [1.29, 1.82) is 0 Å². The molecule has 0 spiro atoms. The van der Waals surface area contributed by atoms with E-state index in [4.69, 9.17) is 27.9 Å². The van der Waals surface area contributed by atoms with Crippen molar-refractivity contribution in [2.75, 3.05) is 19.7 Å². The van der Waals surface area contributed by atoms with Crippen LogP contribution in [-0.2, 0) is 14.8 Å². The van der Waals surface area contributed by atoms with Gasteiger partial charge >= 0.3 is 5.97 Å². The quantitative estimate of drug-likeness (QED) is 0.453. The molecule has 0 saturated carbocycles. The molecule has 2 aromatic carbocycles. The second-order valence-electron chi connectivity index (χ2n) is 5.74. The van der Waals surface area contributed by atoms with Crippen LogP contribution in [0.4, 0.5) is 0 Å². The highest BCUT2D eigenvalue weighted by Gasteiger charge is 2.23. The highest BCUT2D eigenvalue weighted by Crippen LogP contribution is 2.22. The van der Waals surface area contributed by atoms with Crippen LogP contribution in [0, 0.1) is 0 Å². The number of esters is 1. The molecule has 0 aliphatic carbocycles. The molecule has 0 atom stereocenters. The van der Waals surface area contributed by atoms with Gasteiger partial charge in [-0.2, -0.15) is 4.31 Å². The van der Waals surface area contributed by atoms with Gasteiger partial charge in [0.2, 0.25) is 15.8 Å². The van der Waals surface area contributed by atoms with E-state index in [1.165, 1.54) is 46.8 Å². The molecule has 0 unspecified atom stereocenters. The van der Waals surface area contributed by atoms with Crippen molar-refractivity contribution in [3.63, 3.8) is 0 Å². The molecule has 0 aliphatic rings. The van der Waals surface area contributed by atoms with E-state index in [0.717, 1.165) is 0 Å². The van der Waals surface area contributed by atoms with Gasteiger partial charge in [-0.3, -0.25) is 4.79 Å². The number of ketones is 1. The van der Waals surface area contributed by atoms with Crippen LogP contribution in [0.25, 0.3) is 0 Å². The summed E-state index contributed by atoms with van der Waals surface area (Å²) in [6, 6.07) is 9.87. The highest BCUT2D eigenvalue weighted by molar-refractivity contribution is 7.89. The van der Waals surface area contributed by atoms with Crippen LogP contribution in [0.3, 0.4) is 0 Å². The first-order valence-corrected chi connectivity index (χ1v) is 10.7. The molecule has 2 aromatic rings. The fourth-order valence-electron chi connectivity index (χ4n) is 2.50. The third-order valence-electron chi connectivity index (χ3n) is 3.98. The molecule has 0 heterocycles. The van der Waals surface area contributed by atoms with Gasteiger partial charge < -0.3 is 4.74 Å². The molecular weight excluding hydrogens is 425 g/mol. The van der Waals surface area contributed by atoms with Crippen LogP contribution in [0.5, 0.6) is 0 Å². The minimum Gasteiger partial charge on any atom is -0.454 e. The van der Waals surface area contributed by atoms with Gasteiger partial charge in [-0.25, -0.2) is 13.2 Å². The van der Waals surface area contributed by atoms with Crippen LogP contribution < -0.4 is 0 Å². The predicted molar refractivity (Wildman–Crippen MR) is 108 cm³/mol. The molecule has 0 amide bonds. The molecule has 150 valence electrons. The average Bonchev–Trinajstić information content (AvgIpc) is 2.66. The van der Waals surface area contributed by atoms with Crippen LogP contribution in [-0.4, -0.2) is 44.2 Å². The zero-order valence-corrected chi connectivity index (χ0v) is 17.6. The topological polar surface area (TPSA) is 80.8 Å². The van der Waals surface area contributed by atoms with Crippen LogP contribution >= 0.6 is 23.2 Å². The zero-order valence-electron chi connectivity index (χ0n) is 15.3. The number of hydrogen-bond acceptors (Lipinski definition) is 5. The Morgan fingerprint density at radius 1 is 1.04 bits per heavy atom. The van der Waals surface area contributed by atoms with Gasteiger partial charge in [0.15, 0.2) is 6.61 Å². The summed E-state index contributed by atoms with van der Waals surface area (Å²) in [7, 11) is -3.71. The molecule has 9 heteroatoms. The lowest BCUT2D eigenvalue weighted by Crippen LogP contribution is -2.30. The van der Waals surface area contributed by atoms with Crippen LogP contribution in [0.1, 0.15) is 34.6 Å². The van der Waals surface area contributed by atoms with Gasteiger partial charge in [0.1, 0.15) is 0 Å². The van der Waals surface area contributed by atoms with Crippen molar-refractivity contribution in [1.82, 2.24) is 4.31 Å². The van der Waals surface area contributed by atoms with Crippen LogP contribution in [0.15, 0.2) is 47.4 Å². The first-order chi connectivity index (χ1) is 13.2. The monoisotopic (exact) mass is 443 g/mol. The highest BCUT2D eigenvalue weighted by atomic mass is 35.5. The number of ether oxygens (including phenoxy) is 1. The summed E-state index contributed by atoms with van der Waals surface area (Å²) in [5.41, 5.74) is 0.208. The van der Waals surface area contributed by atoms with Crippen molar-refractivity contribution < 1.29 is 22.7 Å². The van der Waals surface area contributed by atoms with E-state index in [2.05, 4.69) is 0 Å². The van der Waals surface area contributed by atoms with Gasteiger partial charge in [-0.05, 0) is 36.4 Å². The van der Waals surface area contributed by atoms with Gasteiger partial charge in [0.05, 0.1) is 15.5 Å². The fourth-order valence-corrected chi connectivity index (χ4v) is 4.52. The molecule has 0 aliphatic heterocycles. The standard InChI is InChI=1S/C19H19Cl2NO5S/c1-3-22(4-2)28(25,26)15-7-5-6-13(10-15)19(24)27-12-18(23)16-9-8-14(20)11-17(16)21/h5-11H,3-4,12H2,1-2H3. The second kappa shape index (κ2) is 9.52. The van der Waals surface area contributed by atoms with E-state index in [1.54, 1.807) is 13.8 Å². The molecule has 0 radical (unpaired) electrons. The second-order valence-corrected chi connectivity index (χ2v) is 8.52. The smallest absolute Gasteiger partial charge is 0.338 e. The Balaban J connectivity index is 2.14. The van der Waals surface area contributed by atoms with E-state index >= 15 is 0 Å². The van der Waals surface area contributed by atoms with Crippen molar-refractivity contribution in [2.24, 2.45) is 0 Å². The van der Waals surface area contributed by atoms with Gasteiger partial charge in [-0.15, -0.1) is 0 Å². The Kier molecular flexibility index (Phi) is 7.60. The van der Waals surface area contributed by atoms with E-state index in [0.29, 0.717) is 18.1 Å². The summed E-state index contributed by atoms with van der Waals surface area (Å²) in [6.07, 6.45) is 0. The fraction of sp³-hybridized carbons (Fsp3) is 0.263. The van der Waals surface area contributed by atoms with E-state index in [-0.39, 0.29) is 21.0 Å². The van der Waals surface area contributed by atoms with Gasteiger partial charge in [-0.1, -0.05) is 43.1 Å². The SMILES string of the molecule is CCN(CC)S(=O)(=O)c1cccc(C(=O)OCC(=O)c2ccc(Cl)cc2Cl)c1. The Morgan fingerprint density at radius 2 is 1.71 bits per heavy atom. The lowest BCUT2D eigenvalue weighted by Gasteiger charge is -2.18. The number of halogens is 2. The number of carbonyl (C=O) groups is 2. The molecule has 0 N–H and O–H groups in total. The van der Waals surface area contributed by atoms with Crippen molar-refractivity contribution in [3.05, 3.63) is 63.6 Å². The Morgan fingerprint density at radius 3 is 2.32 bits per heavy atom. The largest absolute Gasteiger partial charge is 0.454 e. The van der Waals surface area contributed by atoms with E-state index < -0.39 is 28.4 Å². The molecule has 0 bridgehead atoms. The minimum absolute atomic E-state index is 0.0160. The van der Waals surface area contributed by atoms with Crippen molar-refractivity contribution >= 4 is 45.0 Å². The van der Waals surface area contributed by atoms with Gasteiger partial charge in [0, 0.05) is 23.7 Å². The Bertz CT molecular complexity index is 988. The first kappa shape index (κ1) is 22.4. The first-order valence-electron chi connectivity index (χ1n) is 8.46. The molecular formula is C19H19Cl2NO5S. The van der Waals surface area contributed by atoms with Gasteiger partial charge in [0.25, 0.3) is 0 Å². The maximum absolute atomic E-state index is 12.6. The minimum atomic E-state index is -3.71. The maximum atomic E-state index is 12.6. The number of sulfonamides is 1. The number of carbonyl (C=O) groups excluding carboxylic acids is 2. The molecule has 0 fully saturated rings. The zero-order chi connectivity index (χ0) is 20.9. The van der Waals surface area contributed by atoms with Crippen molar-refractivity contribution in [2.45, 2.75) is 18.7 Å². The van der Waals surface area contributed by atoms with Crippen LogP contribution in [0.2, 0.25) is 10.0 Å². The van der Waals surface area contributed by atoms with Crippen molar-refractivity contribution in [3.8, 4) is 0 Å². The number of benzene rings is 2. The lowest BCUT2D eigenvalue weighted by atomic mass is 10.1. The lowest BCUT2D eigenvalue weighted by molar-refractivity contribution is 0.0474. The van der Waals surface area contributed by atoms with E-state index in [1.807, 2.05) is 0 Å². The molecule has 6 nitrogen and oxygen atoms in total. The third-order valence-corrected chi connectivity index (χ3v) is 6.57. The summed E-state index contributed by atoms with van der Waals surface area (Å²) >= 11 is 11.8. The third kappa shape index (κ3) is 5.11. The predicted octanol–water partition coefficient (Wildman–Crippen LogP) is 4.06. The average molecular weight is 444 g/mol. The summed E-state index contributed by atoms with van der Waals surface area (Å²) < 4.78 is 31.5. The van der Waals surface area contributed by atoms with E-state index in [9.17, 15) is 18.0 Å². The molecule has 2 rings (SSSR count). The number of rotatable bonds is 8. The Hall–Kier alpha value is -1.93. The summed E-state index contributed by atoms with van der Waals surface area (Å²) in [5, 5.41) is 0.533. The molecule has 0 aromatic heterocycles. The normalized spacial score (nSPS) is 11.5. The molecule has 0 saturated heterocycles. The number of nitrogens with zero attached hydrogens (tertiary/aromatic N) is 1. The summed E-state index contributed by atoms with van der Waals surface area (Å²) in [4.78, 5) is 24.5. The Labute approximate surface area is 174 Å². The number of hydrogen-bond donors (Lipinski definition) is 0. The summed E-state index contributed by atoms with van der Waals surface area (Å²) in [6.45, 7) is 3.54. The maximum Gasteiger partial charge on any atom is 0.338 e.